The van der Waals surface area contributed by atoms with Gasteiger partial charge in [0, 0.05) is 151 Å². The van der Waals surface area contributed by atoms with Gasteiger partial charge in [-0.15, -0.1) is 0 Å². The van der Waals surface area contributed by atoms with E-state index in [1.54, 1.807) is 105 Å². The Labute approximate surface area is 783 Å². The standard InChI is InChI=1S/C94H132N22O19/c1-10-12-30-73-77(119)44-57(25-21-37-100-94(97)98)85(127)107-66(76(118)34-35-79(95)121)33-36-81(123)103-50-82(124)106-69(40-56-23-15-14-16-24-56)90(132)113(7)55(5)84(126)108-71(46-80(96)122)92(134)116-38-22-32-74(116)78(120)45-58(41-61-49-99-53-104-61)86(128)109-68(39-54(3)4)89(131)112(6)51-83(125)105-67(42-59-47-101-64-28-19-17-26-62(59)64)87(129)111-72(52-117)88(130)110-70(43-60-48-102-65-29-20-18-27-63(60)65)91(133)115(9)75(31-13-11-2)93(135)114(73)8/h14-20,23-24,26-29,47-49,53-55,57-58,66-75,101-102,117H,10-13,21-22,25,30-46,50-52H2,1-9H3,(H2,95,121)(H2,96,122)(H,99,104)(H,103,123)(H,105,125)(H,106,124)(H,107,127)(H,108,126)(H,109,128)(H,110,130)(H,111,129)(H4,97,98,100)/t55-,57+,58+,66-,67-,68-,69-,70-,71-,72-,73-,74-,75-/m0/s1. The minimum absolute atomic E-state index is 0.00320. The number of carbonyl (C=O) groups excluding carboxylic acids is 18. The molecule has 41 nitrogen and oxygen atoms in total. The molecule has 13 atom stereocenters. The Hall–Kier alpha value is -13.8. The second kappa shape index (κ2) is 52.0. The minimum atomic E-state index is -1.85. The van der Waals surface area contributed by atoms with Crippen LogP contribution in [0.15, 0.2) is 104 Å². The third-order valence-electron chi connectivity index (χ3n) is 24.6. The summed E-state index contributed by atoms with van der Waals surface area (Å²) < 4.78 is 0. The molecule has 41 heteroatoms. The van der Waals surface area contributed by atoms with Gasteiger partial charge in [-0.1, -0.05) is 120 Å². The number of nitrogens with two attached hydrogens (primary N) is 3. The van der Waals surface area contributed by atoms with E-state index in [0.29, 0.717) is 69.9 Å². The maximum absolute atomic E-state index is 15.7. The number of hydrogen-bond acceptors (Lipinski definition) is 21. The van der Waals surface area contributed by atoms with Crippen molar-refractivity contribution in [3.63, 3.8) is 0 Å². The minimum Gasteiger partial charge on any atom is -0.394 e. The van der Waals surface area contributed by atoms with Gasteiger partial charge in [0.25, 0.3) is 0 Å². The molecule has 2 aliphatic heterocycles. The Morgan fingerprint density at radius 3 is 1.71 bits per heavy atom. The van der Waals surface area contributed by atoms with E-state index in [0.717, 1.165) is 9.80 Å². The van der Waals surface area contributed by atoms with Crippen LogP contribution in [0.3, 0.4) is 0 Å². The number of primary amides is 2. The number of guanidine groups is 1. The van der Waals surface area contributed by atoms with E-state index < -0.39 is 255 Å². The first-order chi connectivity index (χ1) is 64.3. The predicted octanol–water partition coefficient (Wildman–Crippen LogP) is 0.440. The van der Waals surface area contributed by atoms with Gasteiger partial charge in [-0.2, -0.15) is 0 Å². The highest BCUT2D eigenvalue weighted by Gasteiger charge is 2.44. The lowest BCUT2D eigenvalue weighted by Gasteiger charge is -2.36. The summed E-state index contributed by atoms with van der Waals surface area (Å²) in [6.45, 7) is 5.99. The number of para-hydroxylation sites is 2. The molecule has 0 bridgehead atoms. The summed E-state index contributed by atoms with van der Waals surface area (Å²) >= 11 is 0. The number of aliphatic hydroxyl groups is 1. The van der Waals surface area contributed by atoms with Crippen LogP contribution in [-0.4, -0.2) is 289 Å². The number of aliphatic hydroxyl groups excluding tert-OH is 1. The molecule has 2 aliphatic rings. The van der Waals surface area contributed by atoms with Crippen LogP contribution in [0, 0.1) is 23.2 Å². The molecule has 6 aromatic rings. The highest BCUT2D eigenvalue weighted by molar-refractivity contribution is 6.02. The molecule has 20 N–H and O–H groups in total. The van der Waals surface area contributed by atoms with E-state index in [4.69, 9.17) is 22.6 Å². The molecule has 135 heavy (non-hydrogen) atoms. The Morgan fingerprint density at radius 2 is 1.10 bits per heavy atom. The fraction of sp³-hybridized carbons (Fsp3) is 0.532. The van der Waals surface area contributed by atoms with Gasteiger partial charge in [-0.3, -0.25) is 91.7 Å². The molecule has 3 aromatic carbocycles. The smallest absolute Gasteiger partial charge is 0.246 e. The van der Waals surface area contributed by atoms with Gasteiger partial charge in [0.2, 0.25) is 88.6 Å². The molecular formula is C94H132N22O19. The monoisotopic (exact) mass is 1870 g/mol. The van der Waals surface area contributed by atoms with Crippen molar-refractivity contribution in [1.82, 2.24) is 92.3 Å². The number of benzene rings is 3. The second-order valence-electron chi connectivity index (χ2n) is 35.3. The summed E-state index contributed by atoms with van der Waals surface area (Å²) in [5.41, 5.74) is 20.1. The van der Waals surface area contributed by atoms with E-state index in [-0.39, 0.29) is 89.6 Å². The summed E-state index contributed by atoms with van der Waals surface area (Å²) in [7, 11) is 5.30. The topological polar surface area (TPSA) is 614 Å². The molecule has 0 radical (unpaired) electrons. The molecule has 2 fully saturated rings. The molecule has 0 aliphatic carbocycles. The molecule has 0 saturated carbocycles. The van der Waals surface area contributed by atoms with Gasteiger partial charge in [0.05, 0.1) is 56.5 Å². The predicted molar refractivity (Wildman–Crippen MR) is 498 cm³/mol. The van der Waals surface area contributed by atoms with Crippen LogP contribution in [0.4, 0.5) is 0 Å². The normalized spacial score (nSPS) is 23.5. The number of aromatic nitrogens is 4. The Kier molecular flexibility index (Phi) is 41.1. The van der Waals surface area contributed by atoms with Crippen molar-refractivity contribution in [2.45, 2.75) is 242 Å². The number of rotatable bonds is 27. The van der Waals surface area contributed by atoms with Gasteiger partial charge in [0.15, 0.2) is 23.3 Å². The average Bonchev–Trinajstić information content (AvgIpc) is 1.74. The fourth-order valence-electron chi connectivity index (χ4n) is 16.9. The molecule has 0 spiro atoms. The van der Waals surface area contributed by atoms with Crippen molar-refractivity contribution in [2.75, 3.05) is 61.0 Å². The number of fused-ring (bicyclic) bond motifs is 3. The number of amides is 15. The summed E-state index contributed by atoms with van der Waals surface area (Å²) in [5.74, 6) is -18.5. The van der Waals surface area contributed by atoms with Crippen LogP contribution < -0.4 is 65.1 Å². The van der Waals surface area contributed by atoms with Crippen LogP contribution in [-0.2, 0) is 112 Å². The molecule has 8 rings (SSSR count). The highest BCUT2D eigenvalue weighted by atomic mass is 16.3. The van der Waals surface area contributed by atoms with Crippen molar-refractivity contribution >= 4 is 134 Å². The van der Waals surface area contributed by atoms with Crippen molar-refractivity contribution in [3.05, 3.63) is 126 Å². The number of ketones is 3. The third kappa shape index (κ3) is 31.4. The zero-order valence-corrected chi connectivity index (χ0v) is 78.2. The average molecular weight is 1870 g/mol. The van der Waals surface area contributed by atoms with Crippen LogP contribution in [0.5, 0.6) is 0 Å². The van der Waals surface area contributed by atoms with Crippen molar-refractivity contribution in [1.29, 1.82) is 5.41 Å². The summed E-state index contributed by atoms with van der Waals surface area (Å²) in [4.78, 5) is 281. The number of imidazole rings is 1. The fourth-order valence-corrected chi connectivity index (χ4v) is 16.9. The number of Topliss-reactive ketones (excluding diaryl/α,β-unsaturated/α-hetero) is 3. The molecule has 5 heterocycles. The summed E-state index contributed by atoms with van der Waals surface area (Å²) in [5, 5.41) is 44.1. The van der Waals surface area contributed by atoms with E-state index >= 15 is 24.0 Å². The van der Waals surface area contributed by atoms with Gasteiger partial charge < -0.3 is 110 Å². The Morgan fingerprint density at radius 1 is 0.541 bits per heavy atom. The zero-order chi connectivity index (χ0) is 98.9. The number of likely N-dealkylation sites (N-methyl/N-ethyl adjacent to an activating group) is 4. The van der Waals surface area contributed by atoms with E-state index in [1.165, 1.54) is 62.3 Å². The van der Waals surface area contributed by atoms with Gasteiger partial charge in [-0.25, -0.2) is 4.98 Å². The number of H-pyrrole nitrogens is 3. The molecule has 732 valence electrons. The number of hydrogen-bond donors (Lipinski definition) is 17. The maximum Gasteiger partial charge on any atom is 0.246 e. The van der Waals surface area contributed by atoms with Gasteiger partial charge in [0.1, 0.15) is 48.3 Å². The SMILES string of the molecule is CCCC[C@H]1C(=O)N(C)[C@@H](CCCC)C(=O)C[C@@H](CCCNC(=N)N)C(=O)N[C@H](C(=O)CCC(N)=O)CCC(=O)NCC(=O)N[C@@H](Cc2ccccc2)C(=O)N(C)[C@@H](C)C(=O)N[C@@H](CC(N)=O)C(=O)N2CCC[C@H]2C(=O)C[C@@H](Cc2cnc[nH]2)C(=O)N[C@@H](CC(C)C)C(=O)N(C)CC(=O)N[C@@H](Cc2c[nH]c3ccccc23)C(=O)N[C@@H](CO)C(=O)N[C@@H](Cc2c[nH]c3ccccc23)C(=O)N1C. The quantitative estimate of drug-likeness (QED) is 0.0189. The first kappa shape index (κ1) is 107. The largest absolute Gasteiger partial charge is 0.394 e. The van der Waals surface area contributed by atoms with Gasteiger partial charge in [-0.05, 0) is 93.0 Å². The molecule has 3 aromatic heterocycles. The van der Waals surface area contributed by atoms with E-state index in [1.807, 2.05) is 13.8 Å². The number of aromatic amines is 3. The number of unbranched alkanes of at least 4 members (excludes halogenated alkanes) is 2. The zero-order valence-electron chi connectivity index (χ0n) is 78.2. The van der Waals surface area contributed by atoms with Crippen molar-refractivity contribution in [3.8, 4) is 0 Å². The molecule has 2 saturated heterocycles. The first-order valence-corrected chi connectivity index (χ1v) is 46.0. The summed E-state index contributed by atoms with van der Waals surface area (Å²) in [6, 6.07) is 6.26. The van der Waals surface area contributed by atoms with Crippen LogP contribution >= 0.6 is 0 Å². The first-order valence-electron chi connectivity index (χ1n) is 46.0. The molecule has 15 amide bonds. The van der Waals surface area contributed by atoms with Crippen molar-refractivity contribution in [2.24, 2.45) is 35.0 Å². The van der Waals surface area contributed by atoms with Crippen LogP contribution in [0.2, 0.25) is 0 Å². The van der Waals surface area contributed by atoms with E-state index in [2.05, 4.69) is 67.8 Å². The van der Waals surface area contributed by atoms with Crippen molar-refractivity contribution < 1.29 is 91.4 Å². The Bertz CT molecular complexity index is 5170. The van der Waals surface area contributed by atoms with Crippen LogP contribution in [0.1, 0.15) is 173 Å². The summed E-state index contributed by atoms with van der Waals surface area (Å²) in [6.07, 6.45) is 3.54. The number of carbonyl (C=O) groups is 18. The lowest BCUT2D eigenvalue weighted by Crippen LogP contribution is -2.60. The lowest BCUT2D eigenvalue weighted by atomic mass is 9.90. The maximum atomic E-state index is 15.7. The van der Waals surface area contributed by atoms with E-state index in [9.17, 15) is 67.4 Å². The van der Waals surface area contributed by atoms with Gasteiger partial charge >= 0.3 is 0 Å². The number of nitrogens with one attached hydrogen (secondary N) is 13. The molecule has 0 unspecified atom stereocenters. The third-order valence-corrected chi connectivity index (χ3v) is 24.6. The van der Waals surface area contributed by atoms with Crippen LogP contribution in [0.25, 0.3) is 21.8 Å². The Balaban J connectivity index is 1.17. The number of nitrogens with zero attached hydrogens (tertiary/aromatic N) is 6. The lowest BCUT2D eigenvalue weighted by molar-refractivity contribution is -0.149. The highest BCUT2D eigenvalue weighted by Crippen LogP contribution is 2.29. The second-order valence-corrected chi connectivity index (χ2v) is 35.3. The molecular weight excluding hydrogens is 1740 g/mol.